The van der Waals surface area contributed by atoms with E-state index in [1.54, 1.807) is 6.92 Å². The molecule has 0 bridgehead atoms. The molecule has 0 radical (unpaired) electrons. The van der Waals surface area contributed by atoms with E-state index in [1.165, 1.54) is 0 Å². The first-order valence-corrected chi connectivity index (χ1v) is 5.70. The highest BCUT2D eigenvalue weighted by molar-refractivity contribution is 5.69. The Kier molecular flexibility index (Phi) is 16.9. The Balaban J connectivity index is 0. The zero-order chi connectivity index (χ0) is 12.1. The summed E-state index contributed by atoms with van der Waals surface area (Å²) in [5, 5.41) is 0. The highest BCUT2D eigenvalue weighted by atomic mass is 16.5. The molecule has 104 valence electrons. The van der Waals surface area contributed by atoms with Gasteiger partial charge in [-0.25, -0.2) is 0 Å². The first-order chi connectivity index (χ1) is 7.81. The second-order valence-electron chi connectivity index (χ2n) is 2.98. The molecule has 0 spiro atoms. The van der Waals surface area contributed by atoms with Crippen LogP contribution in [0.2, 0.25) is 0 Å². The summed E-state index contributed by atoms with van der Waals surface area (Å²) in [6, 6.07) is 0. The van der Waals surface area contributed by atoms with Gasteiger partial charge in [0.05, 0.1) is 46.1 Å². The lowest BCUT2D eigenvalue weighted by atomic mass is 10.5. The van der Waals surface area contributed by atoms with Crippen LogP contribution in [-0.4, -0.2) is 52.2 Å². The number of hydrogen-bond acceptors (Lipinski definition) is 5. The maximum atomic E-state index is 10.9. The van der Waals surface area contributed by atoms with Crippen LogP contribution in [0.25, 0.3) is 0 Å². The van der Waals surface area contributed by atoms with E-state index in [0.717, 1.165) is 0 Å². The summed E-state index contributed by atoms with van der Waals surface area (Å²) >= 11 is 0. The summed E-state index contributed by atoms with van der Waals surface area (Å²) in [6.45, 7) is 7.44. The number of carbonyl (C=O) groups excluding carboxylic acids is 1. The summed E-state index contributed by atoms with van der Waals surface area (Å²) in [7, 11) is 0. The van der Waals surface area contributed by atoms with Gasteiger partial charge in [0.25, 0.3) is 0 Å². The molecule has 0 rings (SSSR count). The summed E-state index contributed by atoms with van der Waals surface area (Å²) in [6.07, 6.45) is 0.298. The lowest BCUT2D eigenvalue weighted by Crippen LogP contribution is -2.12. The molecule has 0 unspecified atom stereocenters. The first-order valence-electron chi connectivity index (χ1n) is 5.70. The molecule has 0 N–H and O–H groups in total. The largest absolute Gasteiger partial charge is 0.466 e. The third-order valence-corrected chi connectivity index (χ3v) is 1.70. The average molecular weight is 250 g/mol. The van der Waals surface area contributed by atoms with Crippen LogP contribution >= 0.6 is 0 Å². The van der Waals surface area contributed by atoms with Crippen LogP contribution in [-0.2, 0) is 23.7 Å². The lowest BCUT2D eigenvalue weighted by molar-refractivity contribution is -0.144. The van der Waals surface area contributed by atoms with Crippen LogP contribution in [0.1, 0.15) is 27.7 Å². The molecule has 0 aromatic carbocycles. The van der Waals surface area contributed by atoms with Crippen molar-refractivity contribution in [2.24, 2.45) is 0 Å². The maximum absolute atomic E-state index is 10.9. The van der Waals surface area contributed by atoms with Gasteiger partial charge < -0.3 is 18.9 Å². The molecular weight excluding hydrogens is 224 g/mol. The predicted octanol–water partition coefficient (Wildman–Crippen LogP) is 1.65. The Bertz CT molecular complexity index is 161. The fourth-order valence-electron chi connectivity index (χ4n) is 0.973. The Labute approximate surface area is 104 Å². The van der Waals surface area contributed by atoms with Crippen molar-refractivity contribution in [2.75, 3.05) is 46.2 Å². The van der Waals surface area contributed by atoms with E-state index >= 15 is 0 Å². The lowest BCUT2D eigenvalue weighted by Gasteiger charge is -2.05. The molecule has 0 aliphatic heterocycles. The normalized spacial score (nSPS) is 9.76. The van der Waals surface area contributed by atoms with Crippen molar-refractivity contribution in [2.45, 2.75) is 27.7 Å². The molecule has 0 aliphatic carbocycles. The van der Waals surface area contributed by atoms with Crippen molar-refractivity contribution in [3.8, 4) is 0 Å². The van der Waals surface area contributed by atoms with Gasteiger partial charge >= 0.3 is 5.97 Å². The zero-order valence-electron chi connectivity index (χ0n) is 10.2. The molecule has 0 fully saturated rings. The average Bonchev–Trinajstić information content (AvgIpc) is 2.27. The fourth-order valence-corrected chi connectivity index (χ4v) is 0.973. The van der Waals surface area contributed by atoms with Crippen molar-refractivity contribution in [1.29, 1.82) is 0 Å². The number of carbonyl (C=O) groups is 1. The van der Waals surface area contributed by atoms with Crippen LogP contribution in [0, 0.1) is 0 Å². The zero-order valence-corrected chi connectivity index (χ0v) is 10.2. The van der Waals surface area contributed by atoms with Gasteiger partial charge in [-0.2, -0.15) is 0 Å². The molecule has 0 aliphatic rings. The number of rotatable bonds is 11. The van der Waals surface area contributed by atoms with Gasteiger partial charge in [0.2, 0.25) is 0 Å². The van der Waals surface area contributed by atoms with Crippen LogP contribution in [0.5, 0.6) is 0 Å². The maximum Gasteiger partial charge on any atom is 0.308 e. The number of hydrogen-bond donors (Lipinski definition) is 0. The van der Waals surface area contributed by atoms with Crippen LogP contribution in [0.3, 0.4) is 0 Å². The summed E-state index contributed by atoms with van der Waals surface area (Å²) in [5.74, 6) is -0.222. The van der Waals surface area contributed by atoms with Crippen LogP contribution < -0.4 is 0 Å². The molecule has 0 amide bonds. The molecule has 0 heterocycles. The second-order valence-corrected chi connectivity index (χ2v) is 2.98. The topological polar surface area (TPSA) is 54.0 Å². The summed E-state index contributed by atoms with van der Waals surface area (Å²) in [4.78, 5) is 10.9. The minimum absolute atomic E-state index is 0. The standard InChI is InChI=1S/C11H22O5.CH4/c1-3-13-7-8-15-10-9-14-6-5-11(12)16-4-2;/h3-10H2,1-2H3;1H4. The molecule has 17 heavy (non-hydrogen) atoms. The van der Waals surface area contributed by atoms with Gasteiger partial charge in [-0.1, -0.05) is 7.43 Å². The highest BCUT2D eigenvalue weighted by Crippen LogP contribution is 1.88. The molecule has 5 heteroatoms. The minimum Gasteiger partial charge on any atom is -0.466 e. The SMILES string of the molecule is C.CCOCCOCCOCCC(=O)OCC. The van der Waals surface area contributed by atoms with E-state index in [0.29, 0.717) is 52.7 Å². The molecule has 5 nitrogen and oxygen atoms in total. The second kappa shape index (κ2) is 15.4. The van der Waals surface area contributed by atoms with Gasteiger partial charge in [0.15, 0.2) is 0 Å². The summed E-state index contributed by atoms with van der Waals surface area (Å²) in [5.41, 5.74) is 0. The van der Waals surface area contributed by atoms with E-state index in [-0.39, 0.29) is 13.4 Å². The van der Waals surface area contributed by atoms with Crippen LogP contribution in [0.4, 0.5) is 0 Å². The molecule has 0 aromatic rings. The van der Waals surface area contributed by atoms with Crippen LogP contribution in [0.15, 0.2) is 0 Å². The molecule has 0 saturated carbocycles. The van der Waals surface area contributed by atoms with E-state index in [2.05, 4.69) is 0 Å². The number of ether oxygens (including phenoxy) is 4. The van der Waals surface area contributed by atoms with Crippen molar-refractivity contribution >= 4 is 5.97 Å². The smallest absolute Gasteiger partial charge is 0.308 e. The fraction of sp³-hybridized carbons (Fsp3) is 0.917. The van der Waals surface area contributed by atoms with E-state index < -0.39 is 0 Å². The molecular formula is C12H26O5. The summed E-state index contributed by atoms with van der Waals surface area (Å²) < 4.78 is 20.3. The Hall–Kier alpha value is -0.650. The van der Waals surface area contributed by atoms with Gasteiger partial charge in [-0.3, -0.25) is 4.79 Å². The Morgan fingerprint density at radius 3 is 1.88 bits per heavy atom. The van der Waals surface area contributed by atoms with Crippen molar-refractivity contribution < 1.29 is 23.7 Å². The monoisotopic (exact) mass is 250 g/mol. The van der Waals surface area contributed by atoms with E-state index in [1.807, 2.05) is 6.92 Å². The van der Waals surface area contributed by atoms with Gasteiger partial charge in [-0.15, -0.1) is 0 Å². The highest BCUT2D eigenvalue weighted by Gasteiger charge is 2.00. The Morgan fingerprint density at radius 1 is 0.824 bits per heavy atom. The quantitative estimate of drug-likeness (QED) is 0.412. The molecule has 0 atom stereocenters. The van der Waals surface area contributed by atoms with Gasteiger partial charge in [0.1, 0.15) is 0 Å². The third kappa shape index (κ3) is 15.4. The van der Waals surface area contributed by atoms with E-state index in [4.69, 9.17) is 18.9 Å². The predicted molar refractivity (Wildman–Crippen MR) is 66.1 cm³/mol. The number of esters is 1. The van der Waals surface area contributed by atoms with Crippen molar-refractivity contribution in [3.05, 3.63) is 0 Å². The minimum atomic E-state index is -0.222. The van der Waals surface area contributed by atoms with Crippen molar-refractivity contribution in [3.63, 3.8) is 0 Å². The third-order valence-electron chi connectivity index (χ3n) is 1.70. The molecule has 0 saturated heterocycles. The van der Waals surface area contributed by atoms with E-state index in [9.17, 15) is 4.79 Å². The Morgan fingerprint density at radius 2 is 1.35 bits per heavy atom. The first kappa shape index (κ1) is 18.7. The van der Waals surface area contributed by atoms with Gasteiger partial charge in [-0.05, 0) is 13.8 Å². The van der Waals surface area contributed by atoms with Gasteiger partial charge in [0, 0.05) is 6.61 Å². The van der Waals surface area contributed by atoms with Crippen molar-refractivity contribution in [1.82, 2.24) is 0 Å². The molecule has 0 aromatic heterocycles.